The molecule has 3 nitrogen and oxygen atoms in total. The van der Waals surface area contributed by atoms with Crippen molar-refractivity contribution in [1.82, 2.24) is 5.32 Å². The molecule has 0 aromatic heterocycles. The molecule has 0 aromatic rings. The molecule has 0 aromatic carbocycles. The molecular formula is C7H15NO2. The summed E-state index contributed by atoms with van der Waals surface area (Å²) in [5.41, 5.74) is 0. The minimum atomic E-state index is 0.278. The van der Waals surface area contributed by atoms with Gasteiger partial charge >= 0.3 is 0 Å². The average Bonchev–Trinajstić information content (AvgIpc) is 2.03. The maximum Gasteiger partial charge on any atom is 0.0700 e. The van der Waals surface area contributed by atoms with Crippen LogP contribution in [0.25, 0.3) is 0 Å². The van der Waals surface area contributed by atoms with Gasteiger partial charge in [-0.15, -0.1) is 0 Å². The third-order valence-electron chi connectivity index (χ3n) is 1.69. The summed E-state index contributed by atoms with van der Waals surface area (Å²) in [6.07, 6.45) is 2.16. The third kappa shape index (κ3) is 2.64. The van der Waals surface area contributed by atoms with E-state index in [2.05, 4.69) is 5.32 Å². The van der Waals surface area contributed by atoms with Crippen LogP contribution < -0.4 is 5.32 Å². The highest BCUT2D eigenvalue weighted by atomic mass is 16.5. The average molecular weight is 145 g/mol. The Hall–Kier alpha value is -0.120. The normalized spacial score (nSPS) is 26.7. The minimum absolute atomic E-state index is 0.278. The first-order valence-corrected chi connectivity index (χ1v) is 3.86. The molecule has 1 rings (SSSR count). The molecule has 1 saturated heterocycles. The van der Waals surface area contributed by atoms with Gasteiger partial charge in [-0.2, -0.15) is 0 Å². The van der Waals surface area contributed by atoms with Crippen LogP contribution in [0.1, 0.15) is 12.8 Å². The van der Waals surface area contributed by atoms with Crippen molar-refractivity contribution in [3.63, 3.8) is 0 Å². The molecule has 2 N–H and O–H groups in total. The number of hydrogen-bond donors (Lipinski definition) is 2. The van der Waals surface area contributed by atoms with E-state index in [1.54, 1.807) is 0 Å². The summed E-state index contributed by atoms with van der Waals surface area (Å²) in [7, 11) is 0. The smallest absolute Gasteiger partial charge is 0.0700 e. The lowest BCUT2D eigenvalue weighted by molar-refractivity contribution is 0.0198. The summed E-state index contributed by atoms with van der Waals surface area (Å²) >= 11 is 0. The summed E-state index contributed by atoms with van der Waals surface area (Å²) in [6, 6.07) is 0. The molecule has 0 spiro atoms. The van der Waals surface area contributed by atoms with Gasteiger partial charge < -0.3 is 15.2 Å². The standard InChI is InChI=1S/C7H15NO2/c9-4-1-2-7-6-8-3-5-10-7/h7-9H,1-6H2/t7-/m1/s1. The van der Waals surface area contributed by atoms with Crippen molar-refractivity contribution in [1.29, 1.82) is 0 Å². The van der Waals surface area contributed by atoms with Gasteiger partial charge in [0.25, 0.3) is 0 Å². The molecule has 1 fully saturated rings. The Morgan fingerprint density at radius 2 is 2.50 bits per heavy atom. The lowest BCUT2D eigenvalue weighted by atomic mass is 10.2. The van der Waals surface area contributed by atoms with Gasteiger partial charge in [0.1, 0.15) is 0 Å². The first-order chi connectivity index (χ1) is 4.93. The molecule has 0 amide bonds. The first-order valence-electron chi connectivity index (χ1n) is 3.86. The monoisotopic (exact) mass is 145 g/mol. The van der Waals surface area contributed by atoms with Crippen molar-refractivity contribution < 1.29 is 9.84 Å². The molecule has 1 atom stereocenters. The van der Waals surface area contributed by atoms with Gasteiger partial charge in [0.15, 0.2) is 0 Å². The number of morpholine rings is 1. The number of aliphatic hydroxyl groups is 1. The van der Waals surface area contributed by atoms with Gasteiger partial charge in [0.2, 0.25) is 0 Å². The van der Waals surface area contributed by atoms with Crippen LogP contribution in [-0.2, 0) is 4.74 Å². The Balaban J connectivity index is 2.02. The number of ether oxygens (including phenoxy) is 1. The quantitative estimate of drug-likeness (QED) is 0.575. The molecular weight excluding hydrogens is 130 g/mol. The molecule has 60 valence electrons. The lowest BCUT2D eigenvalue weighted by Gasteiger charge is -2.23. The van der Waals surface area contributed by atoms with Crippen LogP contribution in [0.4, 0.5) is 0 Å². The summed E-state index contributed by atoms with van der Waals surface area (Å²) in [4.78, 5) is 0. The van der Waals surface area contributed by atoms with Crippen LogP contribution in [0.15, 0.2) is 0 Å². The molecule has 0 saturated carbocycles. The second-order valence-corrected chi connectivity index (χ2v) is 2.56. The SMILES string of the molecule is OCCC[C@@H]1CNCCO1. The fourth-order valence-corrected chi connectivity index (χ4v) is 1.12. The van der Waals surface area contributed by atoms with E-state index >= 15 is 0 Å². The first kappa shape index (κ1) is 7.98. The zero-order valence-corrected chi connectivity index (χ0v) is 6.18. The maximum atomic E-state index is 8.52. The van der Waals surface area contributed by atoms with E-state index in [9.17, 15) is 0 Å². The largest absolute Gasteiger partial charge is 0.396 e. The topological polar surface area (TPSA) is 41.5 Å². The van der Waals surface area contributed by atoms with E-state index < -0.39 is 0 Å². The Bertz CT molecular complexity index is 81.7. The van der Waals surface area contributed by atoms with Gasteiger partial charge in [0.05, 0.1) is 12.7 Å². The van der Waals surface area contributed by atoms with E-state index in [0.717, 1.165) is 32.5 Å². The number of nitrogens with one attached hydrogen (secondary N) is 1. The van der Waals surface area contributed by atoms with Crippen LogP contribution in [0.3, 0.4) is 0 Å². The van der Waals surface area contributed by atoms with Crippen LogP contribution >= 0.6 is 0 Å². The molecule has 1 heterocycles. The molecule has 0 aliphatic carbocycles. The molecule has 0 bridgehead atoms. The van der Waals surface area contributed by atoms with Crippen LogP contribution in [-0.4, -0.2) is 37.5 Å². The number of aliphatic hydroxyl groups excluding tert-OH is 1. The molecule has 10 heavy (non-hydrogen) atoms. The van der Waals surface area contributed by atoms with Crippen molar-refractivity contribution in [3.05, 3.63) is 0 Å². The van der Waals surface area contributed by atoms with Crippen molar-refractivity contribution in [3.8, 4) is 0 Å². The summed E-state index contributed by atoms with van der Waals surface area (Å²) in [5, 5.41) is 11.8. The summed E-state index contributed by atoms with van der Waals surface area (Å²) in [6.45, 7) is 3.01. The Morgan fingerprint density at radius 3 is 3.10 bits per heavy atom. The van der Waals surface area contributed by atoms with E-state index in [1.165, 1.54) is 0 Å². The van der Waals surface area contributed by atoms with Crippen LogP contribution in [0, 0.1) is 0 Å². The van der Waals surface area contributed by atoms with Crippen LogP contribution in [0.5, 0.6) is 0 Å². The number of rotatable bonds is 3. The van der Waals surface area contributed by atoms with Gasteiger partial charge in [-0.1, -0.05) is 0 Å². The zero-order valence-electron chi connectivity index (χ0n) is 6.18. The van der Waals surface area contributed by atoms with E-state index in [-0.39, 0.29) is 6.61 Å². The van der Waals surface area contributed by atoms with E-state index in [4.69, 9.17) is 9.84 Å². The van der Waals surface area contributed by atoms with Crippen molar-refractivity contribution in [2.75, 3.05) is 26.3 Å². The Morgan fingerprint density at radius 1 is 1.60 bits per heavy atom. The predicted octanol–water partition coefficient (Wildman–Crippen LogP) is -0.253. The lowest BCUT2D eigenvalue weighted by Crippen LogP contribution is -2.38. The molecule has 1 aliphatic rings. The fourth-order valence-electron chi connectivity index (χ4n) is 1.12. The third-order valence-corrected chi connectivity index (χ3v) is 1.69. The van der Waals surface area contributed by atoms with Crippen molar-refractivity contribution in [2.24, 2.45) is 0 Å². The highest BCUT2D eigenvalue weighted by Crippen LogP contribution is 2.03. The highest BCUT2D eigenvalue weighted by molar-refractivity contribution is 4.66. The maximum absolute atomic E-state index is 8.52. The van der Waals surface area contributed by atoms with Gasteiger partial charge in [-0.05, 0) is 12.8 Å². The molecule has 1 aliphatic heterocycles. The van der Waals surface area contributed by atoms with Crippen molar-refractivity contribution in [2.45, 2.75) is 18.9 Å². The summed E-state index contributed by atoms with van der Waals surface area (Å²) in [5.74, 6) is 0. The molecule has 3 heteroatoms. The minimum Gasteiger partial charge on any atom is -0.396 e. The highest BCUT2D eigenvalue weighted by Gasteiger charge is 2.11. The number of hydrogen-bond acceptors (Lipinski definition) is 3. The Labute approximate surface area is 61.4 Å². The predicted molar refractivity (Wildman–Crippen MR) is 38.9 cm³/mol. The zero-order chi connectivity index (χ0) is 7.23. The van der Waals surface area contributed by atoms with Gasteiger partial charge in [-0.25, -0.2) is 0 Å². The fraction of sp³-hybridized carbons (Fsp3) is 1.00. The second kappa shape index (κ2) is 4.66. The van der Waals surface area contributed by atoms with Gasteiger partial charge in [0, 0.05) is 19.7 Å². The van der Waals surface area contributed by atoms with Gasteiger partial charge in [-0.3, -0.25) is 0 Å². The van der Waals surface area contributed by atoms with E-state index in [0.29, 0.717) is 6.10 Å². The van der Waals surface area contributed by atoms with Crippen molar-refractivity contribution >= 4 is 0 Å². The molecule has 0 radical (unpaired) electrons. The van der Waals surface area contributed by atoms with E-state index in [1.807, 2.05) is 0 Å². The molecule has 0 unspecified atom stereocenters. The van der Waals surface area contributed by atoms with Crippen LogP contribution in [0.2, 0.25) is 0 Å². The second-order valence-electron chi connectivity index (χ2n) is 2.56. The summed E-state index contributed by atoms with van der Waals surface area (Å²) < 4.78 is 5.41. The Kier molecular flexibility index (Phi) is 3.72.